The number of hydrogen-bond acceptors (Lipinski definition) is 2. The maximum absolute atomic E-state index is 8.88. The maximum Gasteiger partial charge on any atom is 0.466 e. The average molecular weight is 323 g/mol. The second-order valence-electron chi connectivity index (χ2n) is 4.42. The van der Waals surface area contributed by atoms with E-state index in [0.717, 1.165) is 6.42 Å². The van der Waals surface area contributed by atoms with Gasteiger partial charge >= 0.3 is 7.82 Å². The predicted molar refractivity (Wildman–Crippen MR) is 78.9 cm³/mol. The molecule has 0 spiro atoms. The molecule has 7 heteroatoms. The zero-order valence-corrected chi connectivity index (χ0v) is 16.4. The molecule has 19 heavy (non-hydrogen) atoms. The summed E-state index contributed by atoms with van der Waals surface area (Å²) < 4.78 is 8.88. The van der Waals surface area contributed by atoms with E-state index >= 15 is 0 Å². The van der Waals surface area contributed by atoms with Crippen molar-refractivity contribution in [1.29, 1.82) is 0 Å². The Morgan fingerprint density at radius 3 is 1.26 bits per heavy atom. The van der Waals surface area contributed by atoms with Crippen LogP contribution in [-0.2, 0) is 4.57 Å². The van der Waals surface area contributed by atoms with Gasteiger partial charge in [0.25, 0.3) is 0 Å². The van der Waals surface area contributed by atoms with Crippen molar-refractivity contribution >= 4 is 59.2 Å². The van der Waals surface area contributed by atoms with E-state index in [1.807, 2.05) is 0 Å². The molecule has 0 aliphatic heterocycles. The smallest absolute Gasteiger partial charge is 0.396 e. The SMILES string of the molecule is CCCCCCCCCCCCO.O=P(O)(O)O.[K]. The number of hydrogen-bond donors (Lipinski definition) is 4. The fourth-order valence-electron chi connectivity index (χ4n) is 1.60. The van der Waals surface area contributed by atoms with Gasteiger partial charge in [-0.15, -0.1) is 0 Å². The minimum Gasteiger partial charge on any atom is -0.396 e. The molecular formula is C12H29KO5P. The largest absolute Gasteiger partial charge is 0.466 e. The molecule has 0 aliphatic rings. The Bertz CT molecular complexity index is 180. The number of aliphatic hydroxyl groups is 1. The van der Waals surface area contributed by atoms with Crippen molar-refractivity contribution in [3.63, 3.8) is 0 Å². The van der Waals surface area contributed by atoms with Crippen molar-refractivity contribution in [3.8, 4) is 0 Å². The van der Waals surface area contributed by atoms with Gasteiger partial charge in [-0.25, -0.2) is 4.57 Å². The number of unbranched alkanes of at least 4 members (excludes halogenated alkanes) is 9. The first-order valence-electron chi connectivity index (χ1n) is 6.81. The third kappa shape index (κ3) is 45.1. The first-order valence-corrected chi connectivity index (χ1v) is 8.37. The van der Waals surface area contributed by atoms with Gasteiger partial charge in [-0.3, -0.25) is 0 Å². The summed E-state index contributed by atoms with van der Waals surface area (Å²) in [5, 5.41) is 8.57. The molecule has 0 saturated carbocycles. The van der Waals surface area contributed by atoms with Crippen LogP contribution in [0.5, 0.6) is 0 Å². The molecule has 0 atom stereocenters. The van der Waals surface area contributed by atoms with Crippen LogP contribution in [-0.4, -0.2) is 77.8 Å². The zero-order valence-electron chi connectivity index (χ0n) is 12.4. The van der Waals surface area contributed by atoms with Crippen molar-refractivity contribution < 1.29 is 24.4 Å². The fourth-order valence-corrected chi connectivity index (χ4v) is 1.60. The van der Waals surface area contributed by atoms with Gasteiger partial charge in [0.15, 0.2) is 0 Å². The van der Waals surface area contributed by atoms with Crippen molar-refractivity contribution in [2.45, 2.75) is 71.1 Å². The summed E-state index contributed by atoms with van der Waals surface area (Å²) in [6.45, 7) is 2.63. The van der Waals surface area contributed by atoms with E-state index in [0.29, 0.717) is 6.61 Å². The van der Waals surface area contributed by atoms with E-state index in [1.165, 1.54) is 57.8 Å². The van der Waals surface area contributed by atoms with Gasteiger partial charge in [-0.1, -0.05) is 64.7 Å². The molecule has 0 bridgehead atoms. The average Bonchev–Trinajstić information content (AvgIpc) is 2.25. The summed E-state index contributed by atoms with van der Waals surface area (Å²) in [5.41, 5.74) is 0. The van der Waals surface area contributed by atoms with E-state index in [-0.39, 0.29) is 51.4 Å². The van der Waals surface area contributed by atoms with Gasteiger partial charge in [0.05, 0.1) is 0 Å². The summed E-state index contributed by atoms with van der Waals surface area (Å²) >= 11 is 0. The van der Waals surface area contributed by atoms with E-state index in [9.17, 15) is 0 Å². The molecule has 0 aromatic carbocycles. The zero-order chi connectivity index (χ0) is 14.3. The van der Waals surface area contributed by atoms with Crippen LogP contribution < -0.4 is 0 Å². The molecule has 5 nitrogen and oxygen atoms in total. The molecule has 0 aromatic heterocycles. The number of phosphoric acid groups is 1. The van der Waals surface area contributed by atoms with E-state index in [1.54, 1.807) is 0 Å². The fraction of sp³-hybridized carbons (Fsp3) is 1.00. The molecule has 0 rings (SSSR count). The Balaban J connectivity index is -0.000000366. The normalized spacial score (nSPS) is 10.4. The van der Waals surface area contributed by atoms with Crippen LogP contribution >= 0.6 is 7.82 Å². The van der Waals surface area contributed by atoms with Gasteiger partial charge in [0.2, 0.25) is 0 Å². The molecule has 0 unspecified atom stereocenters. The molecule has 113 valence electrons. The van der Waals surface area contributed by atoms with Crippen LogP contribution in [0.25, 0.3) is 0 Å². The Labute approximate surface area is 159 Å². The summed E-state index contributed by atoms with van der Waals surface area (Å²) in [7, 11) is -4.64. The first kappa shape index (κ1) is 25.6. The van der Waals surface area contributed by atoms with E-state index in [2.05, 4.69) is 6.92 Å². The molecule has 0 heterocycles. The molecule has 1 radical (unpaired) electrons. The third-order valence-electron chi connectivity index (χ3n) is 2.51. The van der Waals surface area contributed by atoms with Crippen molar-refractivity contribution in [2.24, 2.45) is 0 Å². The monoisotopic (exact) mass is 323 g/mol. The van der Waals surface area contributed by atoms with Gasteiger partial charge in [-0.05, 0) is 6.42 Å². The second kappa shape index (κ2) is 19.7. The minimum absolute atomic E-state index is 0. The minimum atomic E-state index is -4.64. The Hall–Kier alpha value is 1.71. The van der Waals surface area contributed by atoms with Crippen LogP contribution in [0.1, 0.15) is 71.1 Å². The Morgan fingerprint density at radius 2 is 1.00 bits per heavy atom. The van der Waals surface area contributed by atoms with Gasteiger partial charge in [0.1, 0.15) is 0 Å². The molecule has 0 amide bonds. The van der Waals surface area contributed by atoms with Gasteiger partial charge < -0.3 is 19.8 Å². The summed E-state index contributed by atoms with van der Waals surface area (Å²) in [6.07, 6.45) is 13.3. The maximum atomic E-state index is 8.88. The molecule has 4 N–H and O–H groups in total. The van der Waals surface area contributed by atoms with E-state index in [4.69, 9.17) is 24.4 Å². The quantitative estimate of drug-likeness (QED) is 0.281. The van der Waals surface area contributed by atoms with Crippen molar-refractivity contribution in [3.05, 3.63) is 0 Å². The standard InChI is InChI=1S/C12H26O.K.H3O4P/c1-2-3-4-5-6-7-8-9-10-11-12-13;;1-5(2,3)4/h13H,2-12H2,1H3;;(H3,1,2,3,4). The van der Waals surface area contributed by atoms with Crippen LogP contribution in [0.15, 0.2) is 0 Å². The Kier molecular flexibility index (Phi) is 26.6. The van der Waals surface area contributed by atoms with Gasteiger partial charge in [0, 0.05) is 58.0 Å². The molecular weight excluding hydrogens is 294 g/mol. The van der Waals surface area contributed by atoms with Crippen LogP contribution in [0.4, 0.5) is 0 Å². The van der Waals surface area contributed by atoms with E-state index < -0.39 is 7.82 Å². The second-order valence-corrected chi connectivity index (χ2v) is 5.45. The molecule has 0 aliphatic carbocycles. The topological polar surface area (TPSA) is 98.0 Å². The number of aliphatic hydroxyl groups excluding tert-OH is 1. The summed E-state index contributed by atoms with van der Waals surface area (Å²) in [4.78, 5) is 21.6. The van der Waals surface area contributed by atoms with Crippen LogP contribution in [0.3, 0.4) is 0 Å². The predicted octanol–water partition coefficient (Wildman–Crippen LogP) is 2.59. The van der Waals surface area contributed by atoms with Gasteiger partial charge in [-0.2, -0.15) is 0 Å². The van der Waals surface area contributed by atoms with Crippen LogP contribution in [0, 0.1) is 0 Å². The van der Waals surface area contributed by atoms with Crippen molar-refractivity contribution in [1.82, 2.24) is 0 Å². The number of rotatable bonds is 10. The third-order valence-corrected chi connectivity index (χ3v) is 2.51. The first-order chi connectivity index (χ1) is 8.41. The molecule has 0 saturated heterocycles. The molecule has 0 aromatic rings. The summed E-state index contributed by atoms with van der Waals surface area (Å²) in [6, 6.07) is 0. The Morgan fingerprint density at radius 1 is 0.737 bits per heavy atom. The van der Waals surface area contributed by atoms with Crippen LogP contribution in [0.2, 0.25) is 0 Å². The molecule has 0 fully saturated rings. The van der Waals surface area contributed by atoms with Crippen molar-refractivity contribution in [2.75, 3.05) is 6.61 Å². The summed E-state index contributed by atoms with van der Waals surface area (Å²) in [5.74, 6) is 0.